The summed E-state index contributed by atoms with van der Waals surface area (Å²) in [7, 11) is 0. The Morgan fingerprint density at radius 1 is 1.00 bits per heavy atom. The van der Waals surface area contributed by atoms with Gasteiger partial charge in [0.25, 0.3) is 5.91 Å². The van der Waals surface area contributed by atoms with Gasteiger partial charge in [-0.1, -0.05) is 47.5 Å². The molecule has 1 aromatic heterocycles. The number of carbonyl (C=O) groups is 1. The van der Waals surface area contributed by atoms with Gasteiger partial charge in [0, 0.05) is 43.3 Å². The maximum Gasteiger partial charge on any atom is 0.264 e. The number of para-hydroxylation sites is 1. The number of hydrogen-bond donors (Lipinski definition) is 0. The Labute approximate surface area is 204 Å². The molecular formula is C26H24Cl2N4O. The van der Waals surface area contributed by atoms with Gasteiger partial charge in [-0.2, -0.15) is 5.26 Å². The monoisotopic (exact) mass is 478 g/mol. The minimum absolute atomic E-state index is 0.126. The molecule has 33 heavy (non-hydrogen) atoms. The molecule has 0 saturated carbocycles. The Morgan fingerprint density at radius 3 is 2.36 bits per heavy atom. The van der Waals surface area contributed by atoms with E-state index in [1.54, 1.807) is 17.0 Å². The van der Waals surface area contributed by atoms with Gasteiger partial charge in [-0.25, -0.2) is 0 Å². The number of rotatable bonds is 4. The molecule has 1 fully saturated rings. The van der Waals surface area contributed by atoms with Gasteiger partial charge in [0.1, 0.15) is 11.6 Å². The third-order valence-corrected chi connectivity index (χ3v) is 6.79. The van der Waals surface area contributed by atoms with E-state index in [4.69, 9.17) is 23.2 Å². The highest BCUT2D eigenvalue weighted by Gasteiger charge is 2.24. The molecule has 0 N–H and O–H groups in total. The standard InChI is InChI=1S/C26H24Cl2N4O/c1-18-15-20(19(2)32(18)24-10-6-9-23(27)25(24)28)16-21(17-29)26(33)31-13-11-30(12-14-31)22-7-4-3-5-8-22/h3-10,15-16H,11-14H2,1-2H3/b21-16-. The fraction of sp³-hybridized carbons (Fsp3) is 0.231. The molecule has 0 unspecified atom stereocenters. The predicted molar refractivity (Wildman–Crippen MR) is 134 cm³/mol. The third-order valence-electron chi connectivity index (χ3n) is 5.98. The molecule has 2 aromatic carbocycles. The van der Waals surface area contributed by atoms with E-state index in [1.165, 1.54) is 0 Å². The molecule has 1 amide bonds. The van der Waals surface area contributed by atoms with Crippen molar-refractivity contribution in [3.8, 4) is 11.8 Å². The number of nitriles is 1. The van der Waals surface area contributed by atoms with Crippen molar-refractivity contribution >= 4 is 40.9 Å². The highest BCUT2D eigenvalue weighted by atomic mass is 35.5. The lowest BCUT2D eigenvalue weighted by molar-refractivity contribution is -0.126. The van der Waals surface area contributed by atoms with Crippen LogP contribution in [0.25, 0.3) is 11.8 Å². The number of hydrogen-bond acceptors (Lipinski definition) is 3. The summed E-state index contributed by atoms with van der Waals surface area (Å²) >= 11 is 12.6. The van der Waals surface area contributed by atoms with E-state index >= 15 is 0 Å². The molecule has 1 aliphatic heterocycles. The molecule has 168 valence electrons. The lowest BCUT2D eigenvalue weighted by Crippen LogP contribution is -2.49. The summed E-state index contributed by atoms with van der Waals surface area (Å²) in [4.78, 5) is 17.1. The summed E-state index contributed by atoms with van der Waals surface area (Å²) in [5, 5.41) is 10.7. The Morgan fingerprint density at radius 2 is 1.70 bits per heavy atom. The summed E-state index contributed by atoms with van der Waals surface area (Å²) in [6, 6.07) is 19.7. The van der Waals surface area contributed by atoms with Crippen LogP contribution in [0.15, 0.2) is 60.2 Å². The molecule has 1 aliphatic rings. The van der Waals surface area contributed by atoms with Crippen molar-refractivity contribution in [3.05, 3.63) is 87.2 Å². The fourth-order valence-corrected chi connectivity index (χ4v) is 4.62. The minimum Gasteiger partial charge on any atom is -0.368 e. The van der Waals surface area contributed by atoms with Crippen LogP contribution in [0.4, 0.5) is 5.69 Å². The van der Waals surface area contributed by atoms with Crippen molar-refractivity contribution in [3.63, 3.8) is 0 Å². The predicted octanol–water partition coefficient (Wildman–Crippen LogP) is 5.66. The first-order valence-electron chi connectivity index (χ1n) is 10.7. The number of benzene rings is 2. The van der Waals surface area contributed by atoms with Gasteiger partial charge in [-0.15, -0.1) is 0 Å². The van der Waals surface area contributed by atoms with Gasteiger partial charge in [-0.3, -0.25) is 4.79 Å². The highest BCUT2D eigenvalue weighted by Crippen LogP contribution is 2.32. The zero-order chi connectivity index (χ0) is 23.5. The van der Waals surface area contributed by atoms with Crippen molar-refractivity contribution in [2.45, 2.75) is 13.8 Å². The lowest BCUT2D eigenvalue weighted by atomic mass is 10.1. The molecule has 3 aromatic rings. The third kappa shape index (κ3) is 4.64. The maximum atomic E-state index is 13.1. The minimum atomic E-state index is -0.240. The van der Waals surface area contributed by atoms with E-state index in [2.05, 4.69) is 23.1 Å². The first-order valence-corrected chi connectivity index (χ1v) is 11.5. The summed E-state index contributed by atoms with van der Waals surface area (Å²) in [5.74, 6) is -0.240. The number of aryl methyl sites for hydroxylation is 1. The van der Waals surface area contributed by atoms with Gasteiger partial charge in [-0.05, 0) is 55.8 Å². The van der Waals surface area contributed by atoms with Gasteiger partial charge in [0.2, 0.25) is 0 Å². The molecule has 7 heteroatoms. The number of carbonyl (C=O) groups excluding carboxylic acids is 1. The van der Waals surface area contributed by atoms with Crippen LogP contribution in [0.2, 0.25) is 10.0 Å². The SMILES string of the molecule is Cc1cc(/C=C(/C#N)C(=O)N2CCN(c3ccccc3)CC2)c(C)n1-c1cccc(Cl)c1Cl. The molecule has 0 atom stereocenters. The van der Waals surface area contributed by atoms with Crippen LogP contribution in [-0.4, -0.2) is 41.6 Å². The van der Waals surface area contributed by atoms with Crippen LogP contribution >= 0.6 is 23.2 Å². The highest BCUT2D eigenvalue weighted by molar-refractivity contribution is 6.43. The van der Waals surface area contributed by atoms with Crippen molar-refractivity contribution in [1.29, 1.82) is 5.26 Å². The number of nitrogens with zero attached hydrogens (tertiary/aromatic N) is 4. The van der Waals surface area contributed by atoms with Crippen molar-refractivity contribution in [2.24, 2.45) is 0 Å². The maximum absolute atomic E-state index is 13.1. The summed E-state index contributed by atoms with van der Waals surface area (Å²) in [6.45, 7) is 6.51. The zero-order valence-corrected chi connectivity index (χ0v) is 20.1. The Kier molecular flexibility index (Phi) is 6.78. The van der Waals surface area contributed by atoms with E-state index in [-0.39, 0.29) is 11.5 Å². The van der Waals surface area contributed by atoms with Gasteiger partial charge >= 0.3 is 0 Å². The fourth-order valence-electron chi connectivity index (χ4n) is 4.24. The second kappa shape index (κ2) is 9.74. The summed E-state index contributed by atoms with van der Waals surface area (Å²) < 4.78 is 1.98. The smallest absolute Gasteiger partial charge is 0.264 e. The van der Waals surface area contributed by atoms with Crippen LogP contribution < -0.4 is 4.90 Å². The van der Waals surface area contributed by atoms with Crippen LogP contribution in [-0.2, 0) is 4.79 Å². The van der Waals surface area contributed by atoms with E-state index in [1.807, 2.05) is 54.8 Å². The van der Waals surface area contributed by atoms with Gasteiger partial charge in [0.15, 0.2) is 0 Å². The van der Waals surface area contributed by atoms with E-state index in [9.17, 15) is 10.1 Å². The van der Waals surface area contributed by atoms with Crippen molar-refractivity contribution in [1.82, 2.24) is 9.47 Å². The first-order chi connectivity index (χ1) is 15.9. The Hall–Kier alpha value is -3.20. The molecular weight excluding hydrogens is 455 g/mol. The zero-order valence-electron chi connectivity index (χ0n) is 18.6. The van der Waals surface area contributed by atoms with Gasteiger partial charge in [0.05, 0.1) is 15.7 Å². The van der Waals surface area contributed by atoms with Crippen LogP contribution in [0.5, 0.6) is 0 Å². The molecule has 0 spiro atoms. The van der Waals surface area contributed by atoms with Crippen LogP contribution in [0.1, 0.15) is 17.0 Å². The van der Waals surface area contributed by atoms with E-state index in [0.29, 0.717) is 23.1 Å². The quantitative estimate of drug-likeness (QED) is 0.359. The normalized spacial score (nSPS) is 14.3. The average Bonchev–Trinajstić information content (AvgIpc) is 3.12. The second-order valence-corrected chi connectivity index (χ2v) is 8.80. The van der Waals surface area contributed by atoms with Crippen molar-refractivity contribution < 1.29 is 4.79 Å². The van der Waals surface area contributed by atoms with E-state index in [0.717, 1.165) is 41.4 Å². The van der Waals surface area contributed by atoms with Gasteiger partial charge < -0.3 is 14.4 Å². The van der Waals surface area contributed by atoms with Crippen LogP contribution in [0.3, 0.4) is 0 Å². The topological polar surface area (TPSA) is 52.3 Å². The number of piperazine rings is 1. The Bertz CT molecular complexity index is 1250. The molecule has 0 bridgehead atoms. The van der Waals surface area contributed by atoms with Crippen LogP contribution in [0, 0.1) is 25.2 Å². The number of aromatic nitrogens is 1. The molecule has 0 aliphatic carbocycles. The average molecular weight is 479 g/mol. The number of amides is 1. The Balaban J connectivity index is 1.56. The molecule has 0 radical (unpaired) electrons. The summed E-state index contributed by atoms with van der Waals surface area (Å²) in [6.07, 6.45) is 1.67. The van der Waals surface area contributed by atoms with Crippen molar-refractivity contribution in [2.75, 3.05) is 31.1 Å². The second-order valence-electron chi connectivity index (χ2n) is 8.02. The summed E-state index contributed by atoms with van der Waals surface area (Å²) in [5.41, 5.74) is 4.65. The van der Waals surface area contributed by atoms with E-state index < -0.39 is 0 Å². The number of halogens is 2. The number of anilines is 1. The molecule has 1 saturated heterocycles. The molecule has 5 nitrogen and oxygen atoms in total. The largest absolute Gasteiger partial charge is 0.368 e. The molecule has 4 rings (SSSR count). The lowest BCUT2D eigenvalue weighted by Gasteiger charge is -2.36. The molecule has 2 heterocycles. The first kappa shape index (κ1) is 23.0.